The van der Waals surface area contributed by atoms with Crippen LogP contribution in [-0.2, 0) is 0 Å². The monoisotopic (exact) mass is 138 g/mol. The van der Waals surface area contributed by atoms with E-state index < -0.39 is 16.7 Å². The van der Waals surface area contributed by atoms with Gasteiger partial charge in [-0.2, -0.15) is 10.6 Å². The Morgan fingerprint density at radius 2 is 2.00 bits per heavy atom. The first-order valence-electron chi connectivity index (χ1n) is 2.52. The predicted molar refractivity (Wildman–Crippen MR) is 33.2 cm³/mol. The smallest absolute Gasteiger partial charge is 0.0728 e. The summed E-state index contributed by atoms with van der Waals surface area (Å²) in [5.41, 5.74) is 0. The first-order valence-corrected chi connectivity index (χ1v) is 4.40. The average molecular weight is 138 g/mol. The van der Waals surface area contributed by atoms with E-state index in [0.29, 0.717) is 12.2 Å². The molecule has 3 N–H and O–H groups in total. The van der Waals surface area contributed by atoms with E-state index >= 15 is 0 Å². The van der Waals surface area contributed by atoms with Crippen LogP contribution in [0.5, 0.6) is 0 Å². The highest BCUT2D eigenvalue weighted by molar-refractivity contribution is 8.24. The first-order chi connectivity index (χ1) is 3.60. The van der Waals surface area contributed by atoms with E-state index in [9.17, 15) is 0 Å². The minimum absolute atomic E-state index is 0.188. The van der Waals surface area contributed by atoms with Crippen LogP contribution in [0, 0.1) is 0 Å². The lowest BCUT2D eigenvalue weighted by molar-refractivity contribution is 0.201. The Morgan fingerprint density at radius 1 is 1.38 bits per heavy atom. The molecule has 0 saturated carbocycles. The molecule has 0 spiro atoms. The summed E-state index contributed by atoms with van der Waals surface area (Å²) in [6, 6.07) is 0. The molecule has 1 rings (SSSR count). The molecule has 0 aliphatic carbocycles. The van der Waals surface area contributed by atoms with Gasteiger partial charge in [-0.25, -0.2) is 0 Å². The zero-order valence-electron chi connectivity index (χ0n) is 4.45. The van der Waals surface area contributed by atoms with Crippen molar-refractivity contribution < 1.29 is 14.2 Å². The van der Waals surface area contributed by atoms with Crippen LogP contribution in [0.4, 0.5) is 0 Å². The SMILES string of the molecule is O[C@@H]1CCS(O)(O)C1. The molecule has 0 unspecified atom stereocenters. The second-order valence-corrected chi connectivity index (χ2v) is 4.46. The molecule has 1 fully saturated rings. The molecule has 4 heteroatoms. The van der Waals surface area contributed by atoms with Gasteiger partial charge in [0.15, 0.2) is 0 Å². The first kappa shape index (κ1) is 6.35. The zero-order valence-corrected chi connectivity index (χ0v) is 5.27. The molecule has 0 amide bonds. The van der Waals surface area contributed by atoms with Crippen LogP contribution in [0.1, 0.15) is 6.42 Å². The summed E-state index contributed by atoms with van der Waals surface area (Å²) in [6.45, 7) is 0. The number of hydrogen-bond acceptors (Lipinski definition) is 3. The Hall–Kier alpha value is 0.230. The minimum atomic E-state index is -2.35. The second-order valence-electron chi connectivity index (χ2n) is 2.12. The van der Waals surface area contributed by atoms with E-state index in [1.807, 2.05) is 0 Å². The highest BCUT2D eigenvalue weighted by atomic mass is 32.3. The van der Waals surface area contributed by atoms with Gasteiger partial charge in [-0.05, 0) is 6.42 Å². The van der Waals surface area contributed by atoms with E-state index in [0.717, 1.165) is 0 Å². The van der Waals surface area contributed by atoms with Gasteiger partial charge in [-0.1, -0.05) is 0 Å². The standard InChI is InChI=1S/C4H10O3S/c5-4-1-2-8(6,7)3-4/h4-7H,1-3H2/t4-/m1/s1. The zero-order chi connectivity index (χ0) is 6.20. The quantitative estimate of drug-likeness (QED) is 0.457. The Balaban J connectivity index is 2.44. The molecule has 0 aromatic rings. The Labute approximate surface area is 49.7 Å². The molecule has 0 aromatic heterocycles. The van der Waals surface area contributed by atoms with Crippen LogP contribution >= 0.6 is 10.6 Å². The van der Waals surface area contributed by atoms with Gasteiger partial charge < -0.3 is 5.11 Å². The molecule has 1 aliphatic rings. The van der Waals surface area contributed by atoms with Crippen molar-refractivity contribution in [1.82, 2.24) is 0 Å². The van der Waals surface area contributed by atoms with E-state index in [1.54, 1.807) is 0 Å². The van der Waals surface area contributed by atoms with Crippen LogP contribution in [-0.4, -0.2) is 31.8 Å². The lowest BCUT2D eigenvalue weighted by Crippen LogP contribution is -2.06. The van der Waals surface area contributed by atoms with E-state index in [2.05, 4.69) is 0 Å². The maximum absolute atomic E-state index is 8.84. The van der Waals surface area contributed by atoms with Gasteiger partial charge in [0.25, 0.3) is 0 Å². The van der Waals surface area contributed by atoms with E-state index in [-0.39, 0.29) is 5.75 Å². The molecule has 0 radical (unpaired) electrons. The molecule has 1 atom stereocenters. The number of aliphatic hydroxyl groups is 1. The molecule has 8 heavy (non-hydrogen) atoms. The molecule has 1 aliphatic heterocycles. The third-order valence-corrected chi connectivity index (χ3v) is 3.05. The van der Waals surface area contributed by atoms with Gasteiger partial charge in [-0.3, -0.25) is 9.11 Å². The third-order valence-electron chi connectivity index (χ3n) is 1.24. The van der Waals surface area contributed by atoms with Gasteiger partial charge in [-0.15, -0.1) is 0 Å². The summed E-state index contributed by atoms with van der Waals surface area (Å²) in [5, 5.41) is 8.77. The summed E-state index contributed by atoms with van der Waals surface area (Å²) >= 11 is 0. The molecule has 1 saturated heterocycles. The van der Waals surface area contributed by atoms with Crippen LogP contribution < -0.4 is 0 Å². The lowest BCUT2D eigenvalue weighted by atomic mass is 10.3. The van der Waals surface area contributed by atoms with Crippen molar-refractivity contribution in [3.05, 3.63) is 0 Å². The summed E-state index contributed by atoms with van der Waals surface area (Å²) in [5.74, 6) is 0.571. The van der Waals surface area contributed by atoms with Crippen LogP contribution in [0.25, 0.3) is 0 Å². The van der Waals surface area contributed by atoms with Crippen molar-refractivity contribution in [3.63, 3.8) is 0 Å². The average Bonchev–Trinajstić information content (AvgIpc) is 1.82. The number of rotatable bonds is 0. The lowest BCUT2D eigenvalue weighted by Gasteiger charge is -2.24. The highest BCUT2D eigenvalue weighted by Gasteiger charge is 2.25. The number of hydrogen-bond donors (Lipinski definition) is 3. The summed E-state index contributed by atoms with van der Waals surface area (Å²) < 4.78 is 17.7. The second kappa shape index (κ2) is 1.88. The predicted octanol–water partition coefficient (Wildman–Crippen LogP) is 0.502. The molecule has 3 nitrogen and oxygen atoms in total. The molecule has 0 bridgehead atoms. The van der Waals surface area contributed by atoms with Crippen molar-refractivity contribution in [3.8, 4) is 0 Å². The van der Waals surface area contributed by atoms with Crippen molar-refractivity contribution in [1.29, 1.82) is 0 Å². The Bertz CT molecular complexity index is 93.3. The van der Waals surface area contributed by atoms with Gasteiger partial charge in [0.05, 0.1) is 11.9 Å². The van der Waals surface area contributed by atoms with Crippen LogP contribution in [0.2, 0.25) is 0 Å². The van der Waals surface area contributed by atoms with Crippen molar-refractivity contribution in [2.24, 2.45) is 0 Å². The third kappa shape index (κ3) is 1.35. The Kier molecular flexibility index (Phi) is 1.49. The molecular weight excluding hydrogens is 128 g/mol. The normalized spacial score (nSPS) is 39.6. The van der Waals surface area contributed by atoms with Gasteiger partial charge in [0.2, 0.25) is 0 Å². The fraction of sp³-hybridized carbons (Fsp3) is 1.00. The minimum Gasteiger partial charge on any atom is -0.391 e. The molecule has 50 valence electrons. The fourth-order valence-electron chi connectivity index (χ4n) is 0.800. The van der Waals surface area contributed by atoms with Gasteiger partial charge >= 0.3 is 0 Å². The van der Waals surface area contributed by atoms with Crippen molar-refractivity contribution in [2.45, 2.75) is 12.5 Å². The summed E-state index contributed by atoms with van der Waals surface area (Å²) in [7, 11) is -2.35. The van der Waals surface area contributed by atoms with Gasteiger partial charge in [0.1, 0.15) is 0 Å². The van der Waals surface area contributed by atoms with E-state index in [4.69, 9.17) is 14.2 Å². The summed E-state index contributed by atoms with van der Waals surface area (Å²) in [4.78, 5) is 0. The van der Waals surface area contributed by atoms with Crippen molar-refractivity contribution >= 4 is 10.6 Å². The molecule has 1 heterocycles. The maximum Gasteiger partial charge on any atom is 0.0728 e. The maximum atomic E-state index is 8.84. The van der Waals surface area contributed by atoms with Crippen LogP contribution in [0.15, 0.2) is 0 Å². The largest absolute Gasteiger partial charge is 0.391 e. The van der Waals surface area contributed by atoms with Crippen LogP contribution in [0.3, 0.4) is 0 Å². The fourth-order valence-corrected chi connectivity index (χ4v) is 2.40. The topological polar surface area (TPSA) is 60.7 Å². The molecule has 0 aromatic carbocycles. The Morgan fingerprint density at radius 3 is 2.12 bits per heavy atom. The molecular formula is C4H10O3S. The van der Waals surface area contributed by atoms with E-state index in [1.165, 1.54) is 0 Å². The van der Waals surface area contributed by atoms with Gasteiger partial charge in [0, 0.05) is 5.75 Å². The summed E-state index contributed by atoms with van der Waals surface area (Å²) in [6.07, 6.45) is 0.0718. The number of aliphatic hydroxyl groups excluding tert-OH is 1. The van der Waals surface area contributed by atoms with Crippen molar-refractivity contribution in [2.75, 3.05) is 11.5 Å². The highest BCUT2D eigenvalue weighted by Crippen LogP contribution is 2.45.